The molecule has 3 N–H and O–H groups in total. The van der Waals surface area contributed by atoms with Gasteiger partial charge < -0.3 is 11.1 Å². The standard InChI is InChI=1S/C12H13ClN4O/c1-8-4-5-15-17(8)7-12(18)16-9-2-3-10(13)11(14)6-9/h2-6H,7,14H2,1H3,(H,16,18). The molecule has 1 aromatic heterocycles. The number of nitrogens with two attached hydrogens (primary N) is 1. The van der Waals surface area contributed by atoms with Gasteiger partial charge >= 0.3 is 0 Å². The Hall–Kier alpha value is -2.01. The van der Waals surface area contributed by atoms with Crippen LogP contribution in [0, 0.1) is 6.92 Å². The first-order valence-electron chi connectivity index (χ1n) is 5.39. The summed E-state index contributed by atoms with van der Waals surface area (Å²) in [5.74, 6) is -0.163. The summed E-state index contributed by atoms with van der Waals surface area (Å²) in [7, 11) is 0. The number of carbonyl (C=O) groups excluding carboxylic acids is 1. The molecule has 5 nitrogen and oxygen atoms in total. The lowest BCUT2D eigenvalue weighted by molar-refractivity contribution is -0.116. The van der Waals surface area contributed by atoms with Crippen molar-refractivity contribution in [1.82, 2.24) is 9.78 Å². The van der Waals surface area contributed by atoms with Gasteiger partial charge in [0, 0.05) is 17.6 Å². The monoisotopic (exact) mass is 264 g/mol. The molecule has 0 aliphatic rings. The molecule has 0 radical (unpaired) electrons. The summed E-state index contributed by atoms with van der Waals surface area (Å²) < 4.78 is 1.62. The first-order valence-corrected chi connectivity index (χ1v) is 5.77. The Morgan fingerprint density at radius 3 is 2.89 bits per heavy atom. The Labute approximate surface area is 110 Å². The average Bonchev–Trinajstić information content (AvgIpc) is 2.70. The molecule has 0 unspecified atom stereocenters. The highest BCUT2D eigenvalue weighted by atomic mass is 35.5. The summed E-state index contributed by atoms with van der Waals surface area (Å²) in [5.41, 5.74) is 7.64. The third kappa shape index (κ3) is 2.81. The SMILES string of the molecule is Cc1ccnn1CC(=O)Nc1ccc(Cl)c(N)c1. The smallest absolute Gasteiger partial charge is 0.246 e. The molecule has 1 amide bonds. The van der Waals surface area contributed by atoms with E-state index in [0.717, 1.165) is 5.69 Å². The lowest BCUT2D eigenvalue weighted by Crippen LogP contribution is -2.20. The predicted molar refractivity (Wildman–Crippen MR) is 71.5 cm³/mol. The van der Waals surface area contributed by atoms with Crippen LogP contribution in [0.25, 0.3) is 0 Å². The second-order valence-corrected chi connectivity index (χ2v) is 4.32. The van der Waals surface area contributed by atoms with Crippen LogP contribution < -0.4 is 11.1 Å². The Balaban J connectivity index is 2.03. The van der Waals surface area contributed by atoms with Gasteiger partial charge in [0.2, 0.25) is 5.91 Å². The maximum Gasteiger partial charge on any atom is 0.246 e. The van der Waals surface area contributed by atoms with Gasteiger partial charge in [0.25, 0.3) is 0 Å². The van der Waals surface area contributed by atoms with Crippen LogP contribution >= 0.6 is 11.6 Å². The number of benzene rings is 1. The molecular formula is C12H13ClN4O. The molecule has 0 fully saturated rings. The minimum Gasteiger partial charge on any atom is -0.397 e. The molecule has 0 bridgehead atoms. The van der Waals surface area contributed by atoms with Gasteiger partial charge in [-0.05, 0) is 31.2 Å². The third-order valence-corrected chi connectivity index (χ3v) is 2.85. The summed E-state index contributed by atoms with van der Waals surface area (Å²) >= 11 is 5.80. The van der Waals surface area contributed by atoms with Gasteiger partial charge in [0.1, 0.15) is 6.54 Å². The molecule has 94 valence electrons. The Bertz CT molecular complexity index is 579. The molecule has 6 heteroatoms. The average molecular weight is 265 g/mol. The topological polar surface area (TPSA) is 72.9 Å². The predicted octanol–water partition coefficient (Wildman–Crippen LogP) is 2.07. The first-order chi connectivity index (χ1) is 8.56. The van der Waals surface area contributed by atoms with Crippen LogP contribution in [0.3, 0.4) is 0 Å². The van der Waals surface area contributed by atoms with Crippen molar-refractivity contribution in [2.75, 3.05) is 11.1 Å². The summed E-state index contributed by atoms with van der Waals surface area (Å²) in [6, 6.07) is 6.81. The zero-order valence-corrected chi connectivity index (χ0v) is 10.6. The van der Waals surface area contributed by atoms with Crippen LogP contribution in [0.1, 0.15) is 5.69 Å². The van der Waals surface area contributed by atoms with Crippen molar-refractivity contribution < 1.29 is 4.79 Å². The van der Waals surface area contributed by atoms with Crippen LogP contribution in [-0.4, -0.2) is 15.7 Å². The van der Waals surface area contributed by atoms with E-state index in [1.165, 1.54) is 0 Å². The van der Waals surface area contributed by atoms with Crippen molar-refractivity contribution in [1.29, 1.82) is 0 Å². The number of nitrogen functional groups attached to an aromatic ring is 1. The van der Waals surface area contributed by atoms with Gasteiger partial charge in [-0.15, -0.1) is 0 Å². The van der Waals surface area contributed by atoms with E-state index in [0.29, 0.717) is 16.4 Å². The number of nitrogens with zero attached hydrogens (tertiary/aromatic N) is 2. The number of aromatic nitrogens is 2. The number of nitrogens with one attached hydrogen (secondary N) is 1. The normalized spacial score (nSPS) is 10.3. The highest BCUT2D eigenvalue weighted by Crippen LogP contribution is 2.22. The van der Waals surface area contributed by atoms with Gasteiger partial charge in [0.15, 0.2) is 0 Å². The number of aryl methyl sites for hydroxylation is 1. The fraction of sp³-hybridized carbons (Fsp3) is 0.167. The van der Waals surface area contributed by atoms with Crippen LogP contribution in [0.4, 0.5) is 11.4 Å². The lowest BCUT2D eigenvalue weighted by Gasteiger charge is -2.08. The minimum absolute atomic E-state index is 0.163. The third-order valence-electron chi connectivity index (χ3n) is 2.50. The Kier molecular flexibility index (Phi) is 3.53. The summed E-state index contributed by atoms with van der Waals surface area (Å²) in [4.78, 5) is 11.8. The zero-order chi connectivity index (χ0) is 13.1. The van der Waals surface area contributed by atoms with Gasteiger partial charge in [-0.3, -0.25) is 9.48 Å². The van der Waals surface area contributed by atoms with Crippen molar-refractivity contribution in [3.05, 3.63) is 41.2 Å². The quantitative estimate of drug-likeness (QED) is 0.834. The van der Waals surface area contributed by atoms with Crippen LogP contribution in [0.5, 0.6) is 0 Å². The van der Waals surface area contributed by atoms with Crippen molar-refractivity contribution >= 4 is 28.9 Å². The van der Waals surface area contributed by atoms with Gasteiger partial charge in [0.05, 0.1) is 10.7 Å². The number of hydrogen-bond acceptors (Lipinski definition) is 3. The van der Waals surface area contributed by atoms with Gasteiger partial charge in [-0.2, -0.15) is 5.10 Å². The maximum absolute atomic E-state index is 11.8. The van der Waals surface area contributed by atoms with Crippen molar-refractivity contribution in [3.63, 3.8) is 0 Å². The number of halogens is 1. The maximum atomic E-state index is 11.8. The number of carbonyl (C=O) groups is 1. The summed E-state index contributed by atoms with van der Waals surface area (Å²) in [5, 5.41) is 7.24. The molecule has 2 rings (SSSR count). The molecule has 1 aromatic carbocycles. The second kappa shape index (κ2) is 5.10. The molecule has 0 aliphatic heterocycles. The fourth-order valence-corrected chi connectivity index (χ4v) is 1.64. The highest BCUT2D eigenvalue weighted by molar-refractivity contribution is 6.33. The highest BCUT2D eigenvalue weighted by Gasteiger charge is 2.06. The molecule has 0 aliphatic carbocycles. The van der Waals surface area contributed by atoms with Crippen LogP contribution in [0.15, 0.2) is 30.5 Å². The fourth-order valence-electron chi connectivity index (χ4n) is 1.52. The molecule has 0 spiro atoms. The van der Waals surface area contributed by atoms with Gasteiger partial charge in [-0.25, -0.2) is 0 Å². The molecule has 1 heterocycles. The second-order valence-electron chi connectivity index (χ2n) is 3.91. The van der Waals surface area contributed by atoms with E-state index in [1.54, 1.807) is 29.1 Å². The Morgan fingerprint density at radius 2 is 2.28 bits per heavy atom. The zero-order valence-electron chi connectivity index (χ0n) is 9.85. The van der Waals surface area contributed by atoms with E-state index >= 15 is 0 Å². The lowest BCUT2D eigenvalue weighted by atomic mass is 10.3. The molecule has 0 saturated heterocycles. The Morgan fingerprint density at radius 1 is 1.50 bits per heavy atom. The van der Waals surface area contributed by atoms with Gasteiger partial charge in [-0.1, -0.05) is 11.6 Å². The number of hydrogen-bond donors (Lipinski definition) is 2. The van der Waals surface area contributed by atoms with Crippen molar-refractivity contribution in [3.8, 4) is 0 Å². The van der Waals surface area contributed by atoms with E-state index < -0.39 is 0 Å². The first kappa shape index (κ1) is 12.4. The number of rotatable bonds is 3. The molecule has 2 aromatic rings. The van der Waals surface area contributed by atoms with E-state index in [2.05, 4.69) is 10.4 Å². The van der Waals surface area contributed by atoms with Crippen molar-refractivity contribution in [2.24, 2.45) is 0 Å². The molecule has 18 heavy (non-hydrogen) atoms. The largest absolute Gasteiger partial charge is 0.397 e. The molecular weight excluding hydrogens is 252 g/mol. The van der Waals surface area contributed by atoms with E-state index in [-0.39, 0.29) is 12.5 Å². The summed E-state index contributed by atoms with van der Waals surface area (Å²) in [6.45, 7) is 2.06. The van der Waals surface area contributed by atoms with E-state index in [9.17, 15) is 4.79 Å². The molecule has 0 atom stereocenters. The number of anilines is 2. The van der Waals surface area contributed by atoms with Crippen LogP contribution in [0.2, 0.25) is 5.02 Å². The minimum atomic E-state index is -0.163. The number of amides is 1. The van der Waals surface area contributed by atoms with E-state index in [4.69, 9.17) is 17.3 Å². The van der Waals surface area contributed by atoms with E-state index in [1.807, 2.05) is 13.0 Å². The molecule has 0 saturated carbocycles. The van der Waals surface area contributed by atoms with Crippen LogP contribution in [-0.2, 0) is 11.3 Å². The summed E-state index contributed by atoms with van der Waals surface area (Å²) in [6.07, 6.45) is 1.66. The van der Waals surface area contributed by atoms with Crippen molar-refractivity contribution in [2.45, 2.75) is 13.5 Å².